The maximum absolute atomic E-state index is 9.75. The summed E-state index contributed by atoms with van der Waals surface area (Å²) in [5.41, 5.74) is 1.38. The van der Waals surface area contributed by atoms with Crippen molar-refractivity contribution in [1.82, 2.24) is 0 Å². The van der Waals surface area contributed by atoms with Gasteiger partial charge in [-0.1, -0.05) is 24.6 Å². The van der Waals surface area contributed by atoms with Gasteiger partial charge < -0.3 is 17.3 Å². The lowest BCUT2D eigenvalue weighted by Crippen LogP contribution is -2.12. The fraction of sp³-hybridized carbons (Fsp3) is 0.538. The molecule has 0 nitrogen and oxygen atoms in total. The van der Waals surface area contributed by atoms with Crippen LogP contribution in [0.3, 0.4) is 0 Å². The molecule has 0 N–H and O–H groups in total. The summed E-state index contributed by atoms with van der Waals surface area (Å²) in [4.78, 5) is 1.60. The molecule has 2 rings (SSSR count). The fourth-order valence-corrected chi connectivity index (χ4v) is 4.35. The quantitative estimate of drug-likeness (QED) is 0.423. The molecule has 0 amide bonds. The highest BCUT2D eigenvalue weighted by molar-refractivity contribution is 7.97. The van der Waals surface area contributed by atoms with Crippen LogP contribution in [0.25, 0.3) is 0 Å². The van der Waals surface area contributed by atoms with Crippen LogP contribution in [0.4, 0.5) is 17.3 Å². The van der Waals surface area contributed by atoms with E-state index in [0.717, 1.165) is 5.25 Å². The van der Waals surface area contributed by atoms with Crippen LogP contribution in [0.15, 0.2) is 29.2 Å². The first kappa shape index (κ1) is 16.4. The predicted octanol–water partition coefficient (Wildman–Crippen LogP) is 4.84. The van der Waals surface area contributed by atoms with E-state index >= 15 is 0 Å². The van der Waals surface area contributed by atoms with Gasteiger partial charge >= 0.3 is 7.25 Å². The Morgan fingerprint density at radius 3 is 1.95 bits per heavy atom. The van der Waals surface area contributed by atoms with Crippen LogP contribution in [-0.2, 0) is 10.9 Å². The molecule has 19 heavy (non-hydrogen) atoms. The second-order valence-electron chi connectivity index (χ2n) is 4.64. The number of hydrogen-bond acceptors (Lipinski definition) is 0. The van der Waals surface area contributed by atoms with Crippen molar-refractivity contribution in [2.24, 2.45) is 0 Å². The van der Waals surface area contributed by atoms with Gasteiger partial charge in [-0.15, -0.1) is 0 Å². The fourth-order valence-electron chi connectivity index (χ4n) is 1.76. The lowest BCUT2D eigenvalue weighted by atomic mass is 10.2. The maximum Gasteiger partial charge on any atom is 0.673 e. The summed E-state index contributed by atoms with van der Waals surface area (Å²) in [6, 6.07) is 9.19. The van der Waals surface area contributed by atoms with E-state index in [-0.39, 0.29) is 0 Å². The normalized spacial score (nSPS) is 16.5. The van der Waals surface area contributed by atoms with Crippen LogP contribution in [-0.4, -0.2) is 18.3 Å². The van der Waals surface area contributed by atoms with Crippen LogP contribution >= 0.6 is 0 Å². The minimum Gasteiger partial charge on any atom is -0.418 e. The summed E-state index contributed by atoms with van der Waals surface area (Å²) in [6.45, 7) is 4.47. The summed E-state index contributed by atoms with van der Waals surface area (Å²) < 4.78 is 39.0. The second-order valence-corrected chi connectivity index (χ2v) is 7.04. The van der Waals surface area contributed by atoms with E-state index in [4.69, 9.17) is 0 Å². The minimum absolute atomic E-state index is 0.563. The third-order valence-electron chi connectivity index (χ3n) is 2.67. The van der Waals surface area contributed by atoms with Crippen molar-refractivity contribution < 1.29 is 17.3 Å². The first-order valence-corrected chi connectivity index (χ1v) is 7.90. The number of hydrogen-bond donors (Lipinski definition) is 0. The summed E-state index contributed by atoms with van der Waals surface area (Å²) in [6.07, 6.45) is 4.27. The molecule has 1 unspecified atom stereocenters. The Hall–Kier alpha value is -0.645. The van der Waals surface area contributed by atoms with Crippen molar-refractivity contribution in [3.05, 3.63) is 29.8 Å². The van der Waals surface area contributed by atoms with E-state index < -0.39 is 7.25 Å². The second kappa shape index (κ2) is 7.22. The van der Waals surface area contributed by atoms with E-state index in [2.05, 4.69) is 38.1 Å². The summed E-state index contributed by atoms with van der Waals surface area (Å²) in [7, 11) is -5.44. The molecule has 1 aliphatic rings. The van der Waals surface area contributed by atoms with Crippen LogP contribution < -0.4 is 0 Å². The van der Waals surface area contributed by atoms with E-state index in [0.29, 0.717) is 10.9 Å². The van der Waals surface area contributed by atoms with Crippen molar-refractivity contribution in [2.45, 2.75) is 43.3 Å². The Morgan fingerprint density at radius 2 is 1.58 bits per heavy atom. The van der Waals surface area contributed by atoms with Crippen molar-refractivity contribution in [3.8, 4) is 0 Å². The monoisotopic (exact) mass is 294 g/mol. The Bertz CT molecular complexity index is 367. The predicted molar refractivity (Wildman–Crippen MR) is 75.2 cm³/mol. The van der Waals surface area contributed by atoms with E-state index in [1.165, 1.54) is 30.6 Å². The molecule has 6 heteroatoms. The molecule has 1 saturated carbocycles. The first-order valence-electron chi connectivity index (χ1n) is 6.45. The van der Waals surface area contributed by atoms with Gasteiger partial charge in [0.25, 0.3) is 0 Å². The Morgan fingerprint density at radius 1 is 1.11 bits per heavy atom. The van der Waals surface area contributed by atoms with E-state index in [9.17, 15) is 17.3 Å². The summed E-state index contributed by atoms with van der Waals surface area (Å²) >= 11 is 0. The van der Waals surface area contributed by atoms with Crippen molar-refractivity contribution >= 4 is 18.1 Å². The van der Waals surface area contributed by atoms with Crippen molar-refractivity contribution in [2.75, 3.05) is 5.75 Å². The molecule has 0 radical (unpaired) electrons. The number of aryl methyl sites for hydroxylation is 1. The van der Waals surface area contributed by atoms with E-state index in [1.807, 2.05) is 0 Å². The zero-order valence-electron chi connectivity index (χ0n) is 11.2. The standard InChI is InChI=1S/C13H19S.BF4/c1-3-10-14(13-8-9-13)12-6-4-11(2)5-7-12;2-1(3,4)5/h4-7,13H,3,8-10H2,1-2H3;/q+1;-1. The zero-order chi connectivity index (χ0) is 14.5. The number of benzene rings is 1. The van der Waals surface area contributed by atoms with Gasteiger partial charge in [-0.25, -0.2) is 0 Å². The Labute approximate surface area is 115 Å². The van der Waals surface area contributed by atoms with Gasteiger partial charge in [0.1, 0.15) is 11.0 Å². The van der Waals surface area contributed by atoms with Crippen LogP contribution in [0, 0.1) is 6.92 Å². The number of halogens is 4. The summed E-state index contributed by atoms with van der Waals surface area (Å²) in [5, 5.41) is 1.03. The highest BCUT2D eigenvalue weighted by Gasteiger charge is 2.40. The SMILES string of the molecule is CCC[S+](c1ccc(C)cc1)C1CC1.F[B-](F)(F)F. The van der Waals surface area contributed by atoms with Gasteiger partial charge in [0.2, 0.25) is 0 Å². The third kappa shape index (κ3) is 7.50. The molecule has 1 aromatic rings. The van der Waals surface area contributed by atoms with Gasteiger partial charge in [0, 0.05) is 23.7 Å². The van der Waals surface area contributed by atoms with Gasteiger partial charge in [-0.3, -0.25) is 0 Å². The van der Waals surface area contributed by atoms with Crippen molar-refractivity contribution in [3.63, 3.8) is 0 Å². The lowest BCUT2D eigenvalue weighted by molar-refractivity contribution is 0.368. The minimum atomic E-state index is -6.00. The van der Waals surface area contributed by atoms with Crippen LogP contribution in [0.5, 0.6) is 0 Å². The van der Waals surface area contributed by atoms with E-state index in [1.54, 1.807) is 4.90 Å². The van der Waals surface area contributed by atoms with Gasteiger partial charge in [-0.2, -0.15) is 0 Å². The topological polar surface area (TPSA) is 0 Å². The zero-order valence-corrected chi connectivity index (χ0v) is 12.0. The van der Waals surface area contributed by atoms with Gasteiger partial charge in [0.15, 0.2) is 4.90 Å². The molecule has 0 aromatic heterocycles. The molecule has 1 atom stereocenters. The largest absolute Gasteiger partial charge is 0.673 e. The average molecular weight is 294 g/mol. The molecular weight excluding hydrogens is 275 g/mol. The molecule has 0 spiro atoms. The molecule has 0 heterocycles. The number of rotatable bonds is 4. The van der Waals surface area contributed by atoms with Crippen LogP contribution in [0.1, 0.15) is 31.7 Å². The molecular formula is C13H19BF4S. The average Bonchev–Trinajstić information content (AvgIpc) is 3.09. The molecule has 108 valence electrons. The molecule has 1 aromatic carbocycles. The maximum atomic E-state index is 9.75. The first-order chi connectivity index (χ1) is 8.81. The van der Waals surface area contributed by atoms with Crippen molar-refractivity contribution in [1.29, 1.82) is 0 Å². The molecule has 1 aliphatic carbocycles. The Balaban J connectivity index is 0.000000312. The van der Waals surface area contributed by atoms with Crippen LogP contribution in [0.2, 0.25) is 0 Å². The summed E-state index contributed by atoms with van der Waals surface area (Å²) in [5.74, 6) is 1.40. The lowest BCUT2D eigenvalue weighted by Gasteiger charge is -2.06. The van der Waals surface area contributed by atoms with Gasteiger partial charge in [-0.05, 0) is 25.5 Å². The van der Waals surface area contributed by atoms with Gasteiger partial charge in [0.05, 0.1) is 0 Å². The Kier molecular flexibility index (Phi) is 6.24. The molecule has 0 aliphatic heterocycles. The molecule has 1 fully saturated rings. The smallest absolute Gasteiger partial charge is 0.418 e. The highest BCUT2D eigenvalue weighted by atomic mass is 32.2. The third-order valence-corrected chi connectivity index (χ3v) is 5.68. The molecule has 0 saturated heterocycles. The highest BCUT2D eigenvalue weighted by Crippen LogP contribution is 2.35. The molecule has 0 bridgehead atoms.